The molecule has 0 radical (unpaired) electrons. The van der Waals surface area contributed by atoms with E-state index >= 15 is 0 Å². The molecule has 0 atom stereocenters. The van der Waals surface area contributed by atoms with Crippen molar-refractivity contribution in [2.24, 2.45) is 0 Å². The highest BCUT2D eigenvalue weighted by Crippen LogP contribution is 1.81. The molecule has 0 aromatic carbocycles. The van der Waals surface area contributed by atoms with Gasteiger partial charge < -0.3 is 10.0 Å². The zero-order chi connectivity index (χ0) is 11.4. The molecule has 0 amide bonds. The normalized spacial score (nSPS) is 7.62. The Kier molecular flexibility index (Phi) is 19.7. The van der Waals surface area contributed by atoms with E-state index in [1.807, 2.05) is 0 Å². The second-order valence-corrected chi connectivity index (χ2v) is 2.48. The molecular formula is C9H20ClNO2. The Morgan fingerprint density at radius 1 is 1.46 bits per heavy atom. The highest BCUT2D eigenvalue weighted by atomic mass is 35.5. The summed E-state index contributed by atoms with van der Waals surface area (Å²) in [6.07, 6.45) is 1.47. The largest absolute Gasteiger partial charge is 0.478 e. The molecule has 0 bridgehead atoms. The van der Waals surface area contributed by atoms with Gasteiger partial charge in [0.25, 0.3) is 0 Å². The van der Waals surface area contributed by atoms with Crippen molar-refractivity contribution < 1.29 is 9.90 Å². The summed E-state index contributed by atoms with van der Waals surface area (Å²) in [6, 6.07) is 0. The number of carbonyl (C=O) groups is 1. The van der Waals surface area contributed by atoms with Crippen LogP contribution < -0.4 is 0 Å². The molecule has 0 aliphatic rings. The number of hydrogen-bond acceptors (Lipinski definition) is 2. The minimum atomic E-state index is -0.935. The number of alkyl halides is 1. The standard InChI is InChI=1S/C4H11N.C4H6O2.CH3Cl/c1-4-5(2)3;1-3(2)4(5)6;1-2/h4H2,1-3H3;1H2,2H3,(H,5,6);1H3. The molecule has 0 aliphatic carbocycles. The van der Waals surface area contributed by atoms with Gasteiger partial charge in [0.05, 0.1) is 0 Å². The predicted octanol–water partition coefficient (Wildman–Crippen LogP) is 2.07. The molecule has 0 heterocycles. The molecule has 0 aromatic rings. The molecule has 0 saturated heterocycles. The number of rotatable bonds is 2. The number of aliphatic carboxylic acids is 1. The summed E-state index contributed by atoms with van der Waals surface area (Å²) < 4.78 is 0. The first-order valence-corrected chi connectivity index (χ1v) is 4.58. The van der Waals surface area contributed by atoms with Gasteiger partial charge in [0.1, 0.15) is 0 Å². The second kappa shape index (κ2) is 14.0. The maximum Gasteiger partial charge on any atom is 0.330 e. The predicted molar refractivity (Wildman–Crippen MR) is 58.5 cm³/mol. The van der Waals surface area contributed by atoms with Crippen LogP contribution in [-0.2, 0) is 4.79 Å². The summed E-state index contributed by atoms with van der Waals surface area (Å²) in [6.45, 7) is 7.87. The average Bonchev–Trinajstić information content (AvgIpc) is 2.09. The van der Waals surface area contributed by atoms with Crippen molar-refractivity contribution in [2.45, 2.75) is 13.8 Å². The van der Waals surface area contributed by atoms with E-state index < -0.39 is 5.97 Å². The smallest absolute Gasteiger partial charge is 0.330 e. The Bertz CT molecular complexity index is 124. The van der Waals surface area contributed by atoms with Crippen molar-refractivity contribution >= 4 is 17.6 Å². The molecule has 0 rings (SSSR count). The quantitative estimate of drug-likeness (QED) is 0.559. The van der Waals surface area contributed by atoms with E-state index in [-0.39, 0.29) is 5.57 Å². The van der Waals surface area contributed by atoms with Gasteiger partial charge in [-0.15, -0.1) is 11.6 Å². The third-order valence-corrected chi connectivity index (χ3v) is 0.998. The molecule has 4 heteroatoms. The van der Waals surface area contributed by atoms with E-state index in [0.717, 1.165) is 6.54 Å². The van der Waals surface area contributed by atoms with Gasteiger partial charge in [0.15, 0.2) is 0 Å². The summed E-state index contributed by atoms with van der Waals surface area (Å²) >= 11 is 4.64. The average molecular weight is 210 g/mol. The fraction of sp³-hybridized carbons (Fsp3) is 0.667. The monoisotopic (exact) mass is 209 g/mol. The summed E-state index contributed by atoms with van der Waals surface area (Å²) in [5.41, 5.74) is 0.176. The zero-order valence-electron chi connectivity index (χ0n) is 9.09. The first-order chi connectivity index (χ1) is 5.91. The van der Waals surface area contributed by atoms with Crippen molar-refractivity contribution in [2.75, 3.05) is 27.0 Å². The van der Waals surface area contributed by atoms with E-state index in [4.69, 9.17) is 5.11 Å². The topological polar surface area (TPSA) is 40.5 Å². The lowest BCUT2D eigenvalue weighted by Crippen LogP contribution is -2.08. The Morgan fingerprint density at radius 3 is 1.62 bits per heavy atom. The van der Waals surface area contributed by atoms with Crippen LogP contribution in [0.3, 0.4) is 0 Å². The number of hydrogen-bond donors (Lipinski definition) is 1. The van der Waals surface area contributed by atoms with Crippen LogP contribution in [-0.4, -0.2) is 43.0 Å². The van der Waals surface area contributed by atoms with Crippen LogP contribution >= 0.6 is 11.6 Å². The first-order valence-electron chi connectivity index (χ1n) is 3.83. The van der Waals surface area contributed by atoms with Gasteiger partial charge in [0.2, 0.25) is 0 Å². The van der Waals surface area contributed by atoms with Gasteiger partial charge in [-0.3, -0.25) is 0 Å². The van der Waals surface area contributed by atoms with Crippen molar-refractivity contribution in [3.63, 3.8) is 0 Å². The number of carboxylic acid groups (broad SMARTS) is 1. The van der Waals surface area contributed by atoms with Crippen molar-refractivity contribution in [3.05, 3.63) is 12.2 Å². The highest BCUT2D eigenvalue weighted by molar-refractivity contribution is 6.15. The molecule has 0 aliphatic heterocycles. The van der Waals surface area contributed by atoms with E-state index in [1.54, 1.807) is 0 Å². The zero-order valence-corrected chi connectivity index (χ0v) is 9.85. The van der Waals surface area contributed by atoms with Gasteiger partial charge in [-0.2, -0.15) is 0 Å². The van der Waals surface area contributed by atoms with Crippen LogP contribution in [0.2, 0.25) is 0 Å². The molecular weight excluding hydrogens is 190 g/mol. The van der Waals surface area contributed by atoms with Crippen molar-refractivity contribution in [1.82, 2.24) is 4.90 Å². The van der Waals surface area contributed by atoms with Gasteiger partial charge in [-0.05, 0) is 27.6 Å². The molecule has 0 saturated carbocycles. The van der Waals surface area contributed by atoms with Gasteiger partial charge >= 0.3 is 5.97 Å². The lowest BCUT2D eigenvalue weighted by atomic mass is 10.4. The van der Waals surface area contributed by atoms with Gasteiger partial charge in [-0.25, -0.2) is 4.79 Å². The van der Waals surface area contributed by atoms with Gasteiger partial charge in [0, 0.05) is 12.0 Å². The Labute approximate surface area is 86.0 Å². The third kappa shape index (κ3) is 34.4. The number of halogens is 1. The maximum atomic E-state index is 9.60. The summed E-state index contributed by atoms with van der Waals surface area (Å²) in [5, 5.41) is 7.89. The minimum Gasteiger partial charge on any atom is -0.478 e. The van der Waals surface area contributed by atoms with Crippen LogP contribution in [0.5, 0.6) is 0 Å². The number of carboxylic acids is 1. The molecule has 0 unspecified atom stereocenters. The summed E-state index contributed by atoms with van der Waals surface area (Å²) in [7, 11) is 4.11. The summed E-state index contributed by atoms with van der Waals surface area (Å²) in [4.78, 5) is 11.7. The fourth-order valence-corrected chi connectivity index (χ4v) is 0. The van der Waals surface area contributed by atoms with Crippen LogP contribution in [0.15, 0.2) is 12.2 Å². The number of nitrogens with zero attached hydrogens (tertiary/aromatic N) is 1. The van der Waals surface area contributed by atoms with Crippen LogP contribution in [0.4, 0.5) is 0 Å². The maximum absolute atomic E-state index is 9.60. The molecule has 13 heavy (non-hydrogen) atoms. The summed E-state index contributed by atoms with van der Waals surface area (Å²) in [5.74, 6) is -0.935. The molecule has 80 valence electrons. The lowest BCUT2D eigenvalue weighted by Gasteiger charge is -2.00. The Balaban J connectivity index is -0.000000131. The fourth-order valence-electron chi connectivity index (χ4n) is 0. The third-order valence-electron chi connectivity index (χ3n) is 0.998. The molecule has 0 spiro atoms. The van der Waals surface area contributed by atoms with Crippen molar-refractivity contribution in [1.29, 1.82) is 0 Å². The molecule has 3 nitrogen and oxygen atoms in total. The van der Waals surface area contributed by atoms with E-state index in [1.165, 1.54) is 13.3 Å². The van der Waals surface area contributed by atoms with E-state index in [0.29, 0.717) is 0 Å². The SMILES string of the molecule is C=C(C)C(=O)O.CCN(C)C.CCl. The lowest BCUT2D eigenvalue weighted by molar-refractivity contribution is -0.132. The molecule has 1 N–H and O–H groups in total. The van der Waals surface area contributed by atoms with Crippen LogP contribution in [0.1, 0.15) is 13.8 Å². The van der Waals surface area contributed by atoms with Gasteiger partial charge in [-0.1, -0.05) is 13.5 Å². The minimum absolute atomic E-state index is 0.176. The van der Waals surface area contributed by atoms with Crippen molar-refractivity contribution in [3.8, 4) is 0 Å². The second-order valence-electron chi connectivity index (χ2n) is 2.48. The van der Waals surface area contributed by atoms with E-state index in [9.17, 15) is 4.79 Å². The Hall–Kier alpha value is -0.540. The Morgan fingerprint density at radius 2 is 1.62 bits per heavy atom. The first kappa shape index (κ1) is 18.3. The molecule has 0 aromatic heterocycles. The molecule has 0 fully saturated rings. The van der Waals surface area contributed by atoms with Crippen LogP contribution in [0.25, 0.3) is 0 Å². The van der Waals surface area contributed by atoms with E-state index in [2.05, 4.69) is 44.1 Å². The highest BCUT2D eigenvalue weighted by Gasteiger charge is 1.90. The van der Waals surface area contributed by atoms with Crippen LogP contribution in [0, 0.1) is 0 Å².